The summed E-state index contributed by atoms with van der Waals surface area (Å²) in [7, 11) is 0. The van der Waals surface area contributed by atoms with Crippen molar-refractivity contribution in [2.24, 2.45) is 0 Å². The number of carbonyl (C=O) groups excluding carboxylic acids is 2. The molecule has 1 N–H and O–H groups in total. The van der Waals surface area contributed by atoms with Crippen LogP contribution < -0.4 is 0 Å². The standard InChI is InChI=1S/C59H100O5/c1-3-5-7-9-11-13-15-17-19-21-23-25-26-27-28-29-30-31-32-34-36-38-40-42-44-46-48-50-52-54-59(62)64-57(55-60)56-63-58(61)53-51-49-47-45-43-41-39-37-35-33-24-22-20-18-16-14-12-10-8-6-4-2/h5,7,11,13,16-19,22-25,27-28,30-31,57,60H,3-4,6,8-10,12,14-15,20-21,26,29,32-56H2,1-2H3/b7-5-,13-11-,18-16-,19-17-,24-22-,25-23-,28-27-,31-30-. The molecule has 0 aromatic heterocycles. The minimum absolute atomic E-state index is 0.0737. The first-order chi connectivity index (χ1) is 31.6. The van der Waals surface area contributed by atoms with Gasteiger partial charge < -0.3 is 14.6 Å². The molecule has 0 rings (SSSR count). The second-order valence-electron chi connectivity index (χ2n) is 17.6. The summed E-state index contributed by atoms with van der Waals surface area (Å²) in [6, 6.07) is 0. The molecule has 64 heavy (non-hydrogen) atoms. The van der Waals surface area contributed by atoms with Crippen molar-refractivity contribution in [3.8, 4) is 0 Å². The molecule has 1 unspecified atom stereocenters. The Bertz CT molecular complexity index is 1230. The Kier molecular flexibility index (Phi) is 51.5. The van der Waals surface area contributed by atoms with Crippen LogP contribution in [0.3, 0.4) is 0 Å². The zero-order valence-corrected chi connectivity index (χ0v) is 41.8. The van der Waals surface area contributed by atoms with Crippen molar-refractivity contribution in [3.63, 3.8) is 0 Å². The van der Waals surface area contributed by atoms with Gasteiger partial charge in [-0.25, -0.2) is 0 Å². The second-order valence-corrected chi connectivity index (χ2v) is 17.6. The number of aliphatic hydroxyl groups is 1. The van der Waals surface area contributed by atoms with Crippen LogP contribution in [0.1, 0.15) is 245 Å². The average Bonchev–Trinajstić information content (AvgIpc) is 3.30. The molecule has 0 aliphatic rings. The Hall–Kier alpha value is -3.18. The van der Waals surface area contributed by atoms with Crippen LogP contribution in [0.15, 0.2) is 97.2 Å². The molecule has 0 aliphatic heterocycles. The summed E-state index contributed by atoms with van der Waals surface area (Å²) in [5, 5.41) is 9.64. The number of allylic oxidation sites excluding steroid dienone is 16. The number of ether oxygens (including phenoxy) is 2. The molecule has 0 aromatic carbocycles. The molecule has 0 saturated heterocycles. The number of rotatable bonds is 48. The van der Waals surface area contributed by atoms with Gasteiger partial charge in [-0.3, -0.25) is 9.59 Å². The van der Waals surface area contributed by atoms with Crippen LogP contribution in [-0.2, 0) is 19.1 Å². The van der Waals surface area contributed by atoms with Crippen LogP contribution in [0.4, 0.5) is 0 Å². The van der Waals surface area contributed by atoms with E-state index >= 15 is 0 Å². The van der Waals surface area contributed by atoms with Crippen molar-refractivity contribution >= 4 is 11.9 Å². The average molecular weight is 889 g/mol. The van der Waals surface area contributed by atoms with E-state index < -0.39 is 6.10 Å². The molecule has 0 spiro atoms. The van der Waals surface area contributed by atoms with Gasteiger partial charge in [-0.15, -0.1) is 0 Å². The summed E-state index contributed by atoms with van der Waals surface area (Å²) < 4.78 is 10.7. The van der Waals surface area contributed by atoms with E-state index in [1.807, 2.05) is 0 Å². The Morgan fingerprint density at radius 2 is 0.672 bits per heavy atom. The van der Waals surface area contributed by atoms with E-state index in [1.165, 1.54) is 135 Å². The SMILES string of the molecule is CC/C=C\C/C=C\C/C=C\C/C=C\C/C=C\C/C=C\CCCCCCCCCCCCC(=O)OC(CO)COC(=O)CCCCCCCCCCC/C=C\C/C=C\CCCCCCC. The van der Waals surface area contributed by atoms with Crippen LogP contribution in [0.25, 0.3) is 0 Å². The van der Waals surface area contributed by atoms with Gasteiger partial charge in [0.05, 0.1) is 6.61 Å². The van der Waals surface area contributed by atoms with E-state index in [4.69, 9.17) is 9.47 Å². The van der Waals surface area contributed by atoms with Crippen molar-refractivity contribution < 1.29 is 24.2 Å². The minimum Gasteiger partial charge on any atom is -0.462 e. The van der Waals surface area contributed by atoms with Gasteiger partial charge in [0.25, 0.3) is 0 Å². The summed E-state index contributed by atoms with van der Waals surface area (Å²) in [5.41, 5.74) is 0. The predicted octanol–water partition coefficient (Wildman–Crippen LogP) is 18.0. The summed E-state index contributed by atoms with van der Waals surface area (Å²) in [6.45, 7) is 4.02. The monoisotopic (exact) mass is 889 g/mol. The highest BCUT2D eigenvalue weighted by molar-refractivity contribution is 5.70. The molecule has 5 heteroatoms. The number of unbranched alkanes of at least 4 members (excludes halogenated alkanes) is 24. The molecular formula is C59H100O5. The third kappa shape index (κ3) is 51.5. The number of carbonyl (C=O) groups is 2. The summed E-state index contributed by atoms with van der Waals surface area (Å²) in [6.07, 6.45) is 76.4. The molecule has 366 valence electrons. The molecular weight excluding hydrogens is 789 g/mol. The summed E-state index contributed by atoms with van der Waals surface area (Å²) in [4.78, 5) is 24.5. The lowest BCUT2D eigenvalue weighted by Crippen LogP contribution is -2.28. The van der Waals surface area contributed by atoms with Crippen molar-refractivity contribution in [2.45, 2.75) is 251 Å². The van der Waals surface area contributed by atoms with E-state index in [0.717, 1.165) is 83.5 Å². The van der Waals surface area contributed by atoms with Crippen LogP contribution in [0.2, 0.25) is 0 Å². The van der Waals surface area contributed by atoms with E-state index in [0.29, 0.717) is 12.8 Å². The molecule has 0 radical (unpaired) electrons. The van der Waals surface area contributed by atoms with Crippen molar-refractivity contribution in [1.82, 2.24) is 0 Å². The molecule has 0 saturated carbocycles. The highest BCUT2D eigenvalue weighted by atomic mass is 16.6. The molecule has 0 aliphatic carbocycles. The number of hydrogen-bond donors (Lipinski definition) is 1. The van der Waals surface area contributed by atoms with Crippen molar-refractivity contribution in [2.75, 3.05) is 13.2 Å². The Balaban J connectivity index is 3.55. The van der Waals surface area contributed by atoms with Gasteiger partial charge in [-0.05, 0) is 96.3 Å². The molecule has 0 bridgehead atoms. The number of hydrogen-bond acceptors (Lipinski definition) is 5. The Labute approximate surface area is 396 Å². The van der Waals surface area contributed by atoms with Gasteiger partial charge in [0, 0.05) is 12.8 Å². The van der Waals surface area contributed by atoms with Gasteiger partial charge in [-0.1, -0.05) is 233 Å². The maximum absolute atomic E-state index is 12.3. The molecule has 5 nitrogen and oxygen atoms in total. The maximum Gasteiger partial charge on any atom is 0.306 e. The van der Waals surface area contributed by atoms with Gasteiger partial charge in [-0.2, -0.15) is 0 Å². The third-order valence-electron chi connectivity index (χ3n) is 11.4. The van der Waals surface area contributed by atoms with Crippen LogP contribution >= 0.6 is 0 Å². The van der Waals surface area contributed by atoms with Crippen molar-refractivity contribution in [3.05, 3.63) is 97.2 Å². The zero-order chi connectivity index (χ0) is 46.3. The fraction of sp³-hybridized carbons (Fsp3) is 0.695. The normalized spacial score (nSPS) is 13.0. The predicted molar refractivity (Wildman–Crippen MR) is 279 cm³/mol. The molecule has 0 amide bonds. The van der Waals surface area contributed by atoms with E-state index in [-0.39, 0.29) is 25.2 Å². The van der Waals surface area contributed by atoms with E-state index in [9.17, 15) is 14.7 Å². The minimum atomic E-state index is -0.782. The lowest BCUT2D eigenvalue weighted by molar-refractivity contribution is -0.161. The van der Waals surface area contributed by atoms with Gasteiger partial charge in [0.1, 0.15) is 6.61 Å². The van der Waals surface area contributed by atoms with Crippen LogP contribution in [-0.4, -0.2) is 36.4 Å². The first-order valence-corrected chi connectivity index (χ1v) is 26.8. The van der Waals surface area contributed by atoms with E-state index in [2.05, 4.69) is 111 Å². The first-order valence-electron chi connectivity index (χ1n) is 26.8. The Morgan fingerprint density at radius 3 is 1.02 bits per heavy atom. The third-order valence-corrected chi connectivity index (χ3v) is 11.4. The van der Waals surface area contributed by atoms with Gasteiger partial charge >= 0.3 is 11.9 Å². The van der Waals surface area contributed by atoms with E-state index in [1.54, 1.807) is 0 Å². The lowest BCUT2D eigenvalue weighted by atomic mass is 10.0. The number of esters is 2. The van der Waals surface area contributed by atoms with Crippen LogP contribution in [0.5, 0.6) is 0 Å². The largest absolute Gasteiger partial charge is 0.462 e. The smallest absolute Gasteiger partial charge is 0.306 e. The van der Waals surface area contributed by atoms with Crippen LogP contribution in [0, 0.1) is 0 Å². The highest BCUT2D eigenvalue weighted by Crippen LogP contribution is 2.15. The molecule has 0 aromatic rings. The molecule has 0 heterocycles. The van der Waals surface area contributed by atoms with Gasteiger partial charge in [0.15, 0.2) is 6.10 Å². The molecule has 0 fully saturated rings. The quantitative estimate of drug-likeness (QED) is 0.0374. The van der Waals surface area contributed by atoms with Crippen molar-refractivity contribution in [1.29, 1.82) is 0 Å². The lowest BCUT2D eigenvalue weighted by Gasteiger charge is -2.15. The zero-order valence-electron chi connectivity index (χ0n) is 41.8. The fourth-order valence-corrected chi connectivity index (χ4v) is 7.35. The first kappa shape index (κ1) is 60.8. The highest BCUT2D eigenvalue weighted by Gasteiger charge is 2.16. The Morgan fingerprint density at radius 1 is 0.375 bits per heavy atom. The summed E-state index contributed by atoms with van der Waals surface area (Å²) in [5.74, 6) is -0.601. The summed E-state index contributed by atoms with van der Waals surface area (Å²) >= 11 is 0. The molecule has 1 atom stereocenters. The maximum atomic E-state index is 12.3. The fourth-order valence-electron chi connectivity index (χ4n) is 7.35. The van der Waals surface area contributed by atoms with Gasteiger partial charge in [0.2, 0.25) is 0 Å². The topological polar surface area (TPSA) is 72.8 Å². The second kappa shape index (κ2) is 54.2. The number of aliphatic hydroxyl groups excluding tert-OH is 1.